The molecule has 0 aliphatic heterocycles. The molecule has 25 heavy (non-hydrogen) atoms. The largest absolute Gasteiger partial charge is 0.481 e. The van der Waals surface area contributed by atoms with Crippen molar-refractivity contribution in [3.8, 4) is 11.3 Å². The van der Waals surface area contributed by atoms with Crippen molar-refractivity contribution in [2.24, 2.45) is 0 Å². The molecule has 0 amide bonds. The Kier molecular flexibility index (Phi) is 4.31. The number of carbonyl (C=O) groups is 2. The Bertz CT molecular complexity index is 952. The molecule has 1 heterocycles. The summed E-state index contributed by atoms with van der Waals surface area (Å²) in [6, 6.07) is 12.7. The number of aromatic carboxylic acids is 1. The molecule has 0 unspecified atom stereocenters. The number of aromatic amines is 1. The Morgan fingerprint density at radius 2 is 1.72 bits per heavy atom. The number of aliphatic carboxylic acids is 1. The third-order valence-corrected chi connectivity index (χ3v) is 4.35. The van der Waals surface area contributed by atoms with Crippen molar-refractivity contribution < 1.29 is 19.8 Å². The summed E-state index contributed by atoms with van der Waals surface area (Å²) in [6.07, 6.45) is -0.176. The fraction of sp³-hybridized carbons (Fsp3) is 0.200. The molecule has 5 nitrogen and oxygen atoms in total. The van der Waals surface area contributed by atoms with Crippen LogP contribution in [-0.4, -0.2) is 27.1 Å². The molecule has 2 aromatic carbocycles. The fourth-order valence-electron chi connectivity index (χ4n) is 3.00. The van der Waals surface area contributed by atoms with E-state index in [1.54, 1.807) is 6.07 Å². The predicted octanol–water partition coefficient (Wildman–Crippen LogP) is 4.28. The highest BCUT2D eigenvalue weighted by Gasteiger charge is 2.17. The number of carboxylic acid groups (broad SMARTS) is 2. The Morgan fingerprint density at radius 3 is 2.28 bits per heavy atom. The van der Waals surface area contributed by atoms with Gasteiger partial charge in [-0.1, -0.05) is 38.1 Å². The van der Waals surface area contributed by atoms with Crippen LogP contribution in [-0.2, 0) is 11.2 Å². The first-order valence-electron chi connectivity index (χ1n) is 8.07. The van der Waals surface area contributed by atoms with Gasteiger partial charge in [-0.25, -0.2) is 4.79 Å². The van der Waals surface area contributed by atoms with Gasteiger partial charge >= 0.3 is 11.9 Å². The van der Waals surface area contributed by atoms with Gasteiger partial charge < -0.3 is 15.2 Å². The van der Waals surface area contributed by atoms with Crippen molar-refractivity contribution in [1.29, 1.82) is 0 Å². The number of nitrogens with one attached hydrogen (secondary N) is 1. The van der Waals surface area contributed by atoms with E-state index in [0.29, 0.717) is 16.9 Å². The van der Waals surface area contributed by atoms with Gasteiger partial charge in [0.2, 0.25) is 0 Å². The van der Waals surface area contributed by atoms with Crippen molar-refractivity contribution in [2.75, 3.05) is 0 Å². The molecule has 0 aliphatic carbocycles. The molecule has 3 aromatic rings. The molecule has 0 aliphatic rings. The van der Waals surface area contributed by atoms with E-state index in [-0.39, 0.29) is 12.0 Å². The van der Waals surface area contributed by atoms with E-state index in [4.69, 9.17) is 0 Å². The van der Waals surface area contributed by atoms with Crippen LogP contribution in [0.1, 0.15) is 41.3 Å². The fourth-order valence-corrected chi connectivity index (χ4v) is 3.00. The first-order valence-corrected chi connectivity index (χ1v) is 8.07. The number of benzene rings is 2. The zero-order valence-corrected chi connectivity index (χ0v) is 14.0. The van der Waals surface area contributed by atoms with Crippen LogP contribution in [0.5, 0.6) is 0 Å². The third-order valence-electron chi connectivity index (χ3n) is 4.35. The molecule has 3 N–H and O–H groups in total. The first kappa shape index (κ1) is 16.8. The van der Waals surface area contributed by atoms with E-state index in [1.807, 2.05) is 24.3 Å². The van der Waals surface area contributed by atoms with Crippen LogP contribution in [0, 0.1) is 0 Å². The first-order chi connectivity index (χ1) is 11.9. The van der Waals surface area contributed by atoms with Gasteiger partial charge in [-0.2, -0.15) is 0 Å². The zero-order valence-electron chi connectivity index (χ0n) is 14.0. The monoisotopic (exact) mass is 337 g/mol. The maximum Gasteiger partial charge on any atom is 0.335 e. The Morgan fingerprint density at radius 1 is 1.04 bits per heavy atom. The quantitative estimate of drug-likeness (QED) is 0.648. The SMILES string of the molecule is CC(C)c1ccc(-c2[nH]c3ccc(C(=O)O)cc3c2CC(=O)O)cc1. The maximum atomic E-state index is 11.3. The molecule has 0 atom stereocenters. The minimum Gasteiger partial charge on any atom is -0.481 e. The summed E-state index contributed by atoms with van der Waals surface area (Å²) in [4.78, 5) is 25.8. The standard InChI is InChI=1S/C20H19NO4/c1-11(2)12-3-5-13(6-4-12)19-16(10-18(22)23)15-9-14(20(24)25)7-8-17(15)21-19/h3-9,11,21H,10H2,1-2H3,(H,22,23)(H,24,25). The van der Waals surface area contributed by atoms with E-state index >= 15 is 0 Å². The lowest BCUT2D eigenvalue weighted by atomic mass is 9.98. The topological polar surface area (TPSA) is 90.4 Å². The summed E-state index contributed by atoms with van der Waals surface area (Å²) in [5.74, 6) is -1.58. The summed E-state index contributed by atoms with van der Waals surface area (Å²) < 4.78 is 0. The van der Waals surface area contributed by atoms with Crippen LogP contribution in [0.3, 0.4) is 0 Å². The van der Waals surface area contributed by atoms with Gasteiger partial charge in [-0.3, -0.25) is 4.79 Å². The summed E-state index contributed by atoms with van der Waals surface area (Å²) in [6.45, 7) is 4.22. The molecule has 0 saturated carbocycles. The molecule has 1 aromatic heterocycles. The number of hydrogen-bond donors (Lipinski definition) is 3. The van der Waals surface area contributed by atoms with Gasteiger partial charge in [-0.05, 0) is 40.8 Å². The number of H-pyrrole nitrogens is 1. The molecule has 0 bridgehead atoms. The highest BCUT2D eigenvalue weighted by atomic mass is 16.4. The normalized spacial score (nSPS) is 11.2. The third kappa shape index (κ3) is 3.26. The average molecular weight is 337 g/mol. The van der Waals surface area contributed by atoms with Crippen LogP contribution in [0.2, 0.25) is 0 Å². The van der Waals surface area contributed by atoms with Crippen molar-refractivity contribution in [3.05, 3.63) is 59.2 Å². The minimum atomic E-state index is -1.03. The van der Waals surface area contributed by atoms with Crippen LogP contribution in [0.15, 0.2) is 42.5 Å². The number of rotatable bonds is 5. The summed E-state index contributed by atoms with van der Waals surface area (Å²) in [7, 11) is 0. The molecule has 3 rings (SSSR count). The number of aromatic nitrogens is 1. The van der Waals surface area contributed by atoms with Crippen molar-refractivity contribution in [1.82, 2.24) is 4.98 Å². The van der Waals surface area contributed by atoms with Crippen LogP contribution < -0.4 is 0 Å². The van der Waals surface area contributed by atoms with E-state index < -0.39 is 11.9 Å². The lowest BCUT2D eigenvalue weighted by molar-refractivity contribution is -0.136. The lowest BCUT2D eigenvalue weighted by Crippen LogP contribution is -2.01. The van der Waals surface area contributed by atoms with Crippen molar-refractivity contribution >= 4 is 22.8 Å². The average Bonchev–Trinajstić information content (AvgIpc) is 2.92. The second kappa shape index (κ2) is 6.43. The smallest absolute Gasteiger partial charge is 0.335 e. The van der Waals surface area contributed by atoms with Gasteiger partial charge in [0, 0.05) is 10.9 Å². The van der Waals surface area contributed by atoms with E-state index in [0.717, 1.165) is 16.8 Å². The minimum absolute atomic E-state index is 0.139. The summed E-state index contributed by atoms with van der Waals surface area (Å²) in [5.41, 5.74) is 4.27. The van der Waals surface area contributed by atoms with E-state index in [2.05, 4.69) is 18.8 Å². The van der Waals surface area contributed by atoms with Gasteiger partial charge in [-0.15, -0.1) is 0 Å². The van der Waals surface area contributed by atoms with Gasteiger partial charge in [0.05, 0.1) is 17.7 Å². The number of hydrogen-bond acceptors (Lipinski definition) is 2. The Balaban J connectivity index is 2.19. The molecular weight excluding hydrogens is 318 g/mol. The molecule has 0 spiro atoms. The van der Waals surface area contributed by atoms with Gasteiger partial charge in [0.25, 0.3) is 0 Å². The number of carboxylic acids is 2. The van der Waals surface area contributed by atoms with Crippen LogP contribution >= 0.6 is 0 Å². The van der Waals surface area contributed by atoms with Crippen LogP contribution in [0.25, 0.3) is 22.2 Å². The highest BCUT2D eigenvalue weighted by molar-refractivity contribution is 5.99. The molecular formula is C20H19NO4. The van der Waals surface area contributed by atoms with E-state index in [9.17, 15) is 19.8 Å². The second-order valence-electron chi connectivity index (χ2n) is 6.39. The van der Waals surface area contributed by atoms with Gasteiger partial charge in [0.15, 0.2) is 0 Å². The van der Waals surface area contributed by atoms with Crippen molar-refractivity contribution in [3.63, 3.8) is 0 Å². The number of fused-ring (bicyclic) bond motifs is 1. The van der Waals surface area contributed by atoms with E-state index in [1.165, 1.54) is 17.7 Å². The maximum absolute atomic E-state index is 11.3. The lowest BCUT2D eigenvalue weighted by Gasteiger charge is -2.07. The summed E-state index contributed by atoms with van der Waals surface area (Å²) >= 11 is 0. The van der Waals surface area contributed by atoms with Gasteiger partial charge in [0.1, 0.15) is 0 Å². The molecule has 0 fully saturated rings. The second-order valence-corrected chi connectivity index (χ2v) is 6.39. The molecule has 5 heteroatoms. The Hall–Kier alpha value is -3.08. The molecule has 128 valence electrons. The summed E-state index contributed by atoms with van der Waals surface area (Å²) in [5, 5.41) is 19.1. The zero-order chi connectivity index (χ0) is 18.1. The Labute approximate surface area is 144 Å². The van der Waals surface area contributed by atoms with Crippen LogP contribution in [0.4, 0.5) is 0 Å². The predicted molar refractivity (Wildman–Crippen MR) is 96.1 cm³/mol. The molecule has 0 saturated heterocycles. The molecule has 0 radical (unpaired) electrons. The highest BCUT2D eigenvalue weighted by Crippen LogP contribution is 2.32. The van der Waals surface area contributed by atoms with Crippen molar-refractivity contribution in [2.45, 2.75) is 26.2 Å².